The van der Waals surface area contributed by atoms with E-state index in [0.29, 0.717) is 6.61 Å². The van der Waals surface area contributed by atoms with Gasteiger partial charge in [-0.05, 0) is 42.2 Å². The van der Waals surface area contributed by atoms with Gasteiger partial charge in [-0.3, -0.25) is 0 Å². The number of benzene rings is 2. The van der Waals surface area contributed by atoms with E-state index in [0.717, 1.165) is 6.54 Å². The number of hydrogen-bond donors (Lipinski definition) is 1. The predicted molar refractivity (Wildman–Crippen MR) is 80.4 cm³/mol. The fraction of sp³-hybridized carbons (Fsp3) is 0.294. The first-order valence-electron chi connectivity index (χ1n) is 6.57. The first-order valence-corrected chi connectivity index (χ1v) is 6.57. The Hall–Kier alpha value is -1.80. The van der Waals surface area contributed by atoms with Gasteiger partial charge in [-0.1, -0.05) is 36.4 Å². The van der Waals surface area contributed by atoms with Gasteiger partial charge in [0.05, 0.1) is 6.61 Å². The third-order valence-electron chi connectivity index (χ3n) is 3.18. The molecule has 0 unspecified atom stereocenters. The third kappa shape index (κ3) is 3.83. The van der Waals surface area contributed by atoms with E-state index in [1.807, 2.05) is 0 Å². The van der Waals surface area contributed by atoms with E-state index in [-0.39, 0.29) is 0 Å². The van der Waals surface area contributed by atoms with Gasteiger partial charge in [-0.25, -0.2) is 0 Å². The molecule has 2 nitrogen and oxygen atoms in total. The Bertz CT molecular complexity index is 549. The van der Waals surface area contributed by atoms with Gasteiger partial charge in [-0.2, -0.15) is 0 Å². The Morgan fingerprint density at radius 3 is 2.58 bits per heavy atom. The van der Waals surface area contributed by atoms with Crippen molar-refractivity contribution in [1.29, 1.82) is 0 Å². The molecular weight excluding hydrogens is 234 g/mol. The van der Waals surface area contributed by atoms with E-state index >= 15 is 0 Å². The summed E-state index contributed by atoms with van der Waals surface area (Å²) in [7, 11) is 1.72. The van der Waals surface area contributed by atoms with E-state index in [1.54, 1.807) is 7.11 Å². The van der Waals surface area contributed by atoms with Crippen LogP contribution >= 0.6 is 0 Å². The maximum atomic E-state index is 5.16. The third-order valence-corrected chi connectivity index (χ3v) is 3.18. The van der Waals surface area contributed by atoms with Crippen molar-refractivity contribution in [2.24, 2.45) is 0 Å². The minimum Gasteiger partial charge on any atom is -0.381 e. The summed E-state index contributed by atoms with van der Waals surface area (Å²) in [6, 6.07) is 15.0. The minimum atomic E-state index is 0.664. The van der Waals surface area contributed by atoms with E-state index < -0.39 is 0 Å². The van der Waals surface area contributed by atoms with Crippen molar-refractivity contribution in [3.63, 3.8) is 0 Å². The molecule has 0 radical (unpaired) electrons. The highest BCUT2D eigenvalue weighted by atomic mass is 16.5. The van der Waals surface area contributed by atoms with Gasteiger partial charge in [0.15, 0.2) is 0 Å². The van der Waals surface area contributed by atoms with Crippen LogP contribution in [0.15, 0.2) is 42.5 Å². The Morgan fingerprint density at radius 1 is 1.00 bits per heavy atom. The van der Waals surface area contributed by atoms with Crippen LogP contribution in [-0.2, 0) is 17.9 Å². The number of aryl methyl sites for hydroxylation is 2. The topological polar surface area (TPSA) is 21.3 Å². The number of anilines is 1. The first kappa shape index (κ1) is 13.6. The molecule has 0 aromatic heterocycles. The highest BCUT2D eigenvalue weighted by molar-refractivity contribution is 5.52. The summed E-state index contributed by atoms with van der Waals surface area (Å²) < 4.78 is 5.16. The number of hydrogen-bond acceptors (Lipinski definition) is 2. The lowest BCUT2D eigenvalue weighted by atomic mass is 10.1. The molecule has 0 aliphatic rings. The average molecular weight is 255 g/mol. The summed E-state index contributed by atoms with van der Waals surface area (Å²) in [5.41, 5.74) is 6.25. The maximum absolute atomic E-state index is 5.16. The zero-order chi connectivity index (χ0) is 13.7. The van der Waals surface area contributed by atoms with Crippen LogP contribution in [0.5, 0.6) is 0 Å². The highest BCUT2D eigenvalue weighted by Crippen LogP contribution is 2.17. The molecule has 2 aromatic carbocycles. The largest absolute Gasteiger partial charge is 0.381 e. The van der Waals surface area contributed by atoms with Gasteiger partial charge in [0.25, 0.3) is 0 Å². The van der Waals surface area contributed by atoms with Crippen LogP contribution in [0.4, 0.5) is 5.69 Å². The molecule has 1 N–H and O–H groups in total. The maximum Gasteiger partial charge on any atom is 0.0713 e. The minimum absolute atomic E-state index is 0.664. The SMILES string of the molecule is COCc1cccc(CNc2cc(C)ccc2C)c1. The van der Waals surface area contributed by atoms with Crippen LogP contribution < -0.4 is 5.32 Å². The molecule has 0 amide bonds. The van der Waals surface area contributed by atoms with Gasteiger partial charge in [0.1, 0.15) is 0 Å². The Morgan fingerprint density at radius 2 is 1.79 bits per heavy atom. The number of rotatable bonds is 5. The summed E-state index contributed by atoms with van der Waals surface area (Å²) in [5, 5.41) is 3.50. The van der Waals surface area contributed by atoms with Crippen molar-refractivity contribution in [1.82, 2.24) is 0 Å². The number of methoxy groups -OCH3 is 1. The number of nitrogens with one attached hydrogen (secondary N) is 1. The van der Waals surface area contributed by atoms with Gasteiger partial charge < -0.3 is 10.1 Å². The molecule has 2 aromatic rings. The van der Waals surface area contributed by atoms with Gasteiger partial charge in [-0.15, -0.1) is 0 Å². The van der Waals surface area contributed by atoms with Crippen molar-refractivity contribution in [3.05, 3.63) is 64.7 Å². The molecule has 0 spiro atoms. The standard InChI is InChI=1S/C17H21NO/c1-13-7-8-14(2)17(9-13)18-11-15-5-4-6-16(10-15)12-19-3/h4-10,18H,11-12H2,1-3H3. The van der Waals surface area contributed by atoms with Gasteiger partial charge >= 0.3 is 0 Å². The van der Waals surface area contributed by atoms with Crippen LogP contribution in [0.25, 0.3) is 0 Å². The molecule has 0 heterocycles. The van der Waals surface area contributed by atoms with Gasteiger partial charge in [0.2, 0.25) is 0 Å². The molecule has 0 aliphatic carbocycles. The first-order chi connectivity index (χ1) is 9.19. The molecule has 0 fully saturated rings. The monoisotopic (exact) mass is 255 g/mol. The fourth-order valence-corrected chi connectivity index (χ4v) is 2.12. The molecular formula is C17H21NO. The molecule has 0 bridgehead atoms. The summed E-state index contributed by atoms with van der Waals surface area (Å²) >= 11 is 0. The summed E-state index contributed by atoms with van der Waals surface area (Å²) in [6.07, 6.45) is 0. The van der Waals surface area contributed by atoms with Crippen molar-refractivity contribution in [2.45, 2.75) is 27.0 Å². The van der Waals surface area contributed by atoms with Crippen LogP contribution in [0.3, 0.4) is 0 Å². The van der Waals surface area contributed by atoms with Crippen molar-refractivity contribution < 1.29 is 4.74 Å². The van der Waals surface area contributed by atoms with Crippen LogP contribution in [-0.4, -0.2) is 7.11 Å². The normalized spacial score (nSPS) is 10.5. The zero-order valence-corrected chi connectivity index (χ0v) is 11.9. The summed E-state index contributed by atoms with van der Waals surface area (Å²) in [5.74, 6) is 0. The lowest BCUT2D eigenvalue weighted by Crippen LogP contribution is -2.02. The van der Waals surface area contributed by atoms with E-state index in [2.05, 4.69) is 61.6 Å². The number of ether oxygens (including phenoxy) is 1. The summed E-state index contributed by atoms with van der Waals surface area (Å²) in [4.78, 5) is 0. The Labute approximate surface area is 115 Å². The Balaban J connectivity index is 2.05. The van der Waals surface area contributed by atoms with Crippen LogP contribution in [0.2, 0.25) is 0 Å². The zero-order valence-electron chi connectivity index (χ0n) is 11.9. The molecule has 0 saturated carbocycles. The molecule has 100 valence electrons. The molecule has 2 rings (SSSR count). The lowest BCUT2D eigenvalue weighted by Gasteiger charge is -2.11. The average Bonchev–Trinajstić information content (AvgIpc) is 2.41. The van der Waals surface area contributed by atoms with Crippen LogP contribution in [0, 0.1) is 13.8 Å². The molecule has 19 heavy (non-hydrogen) atoms. The van der Waals surface area contributed by atoms with Gasteiger partial charge in [0, 0.05) is 19.3 Å². The summed E-state index contributed by atoms with van der Waals surface area (Å²) in [6.45, 7) is 5.74. The lowest BCUT2D eigenvalue weighted by molar-refractivity contribution is 0.185. The smallest absolute Gasteiger partial charge is 0.0713 e. The second kappa shape index (κ2) is 6.39. The van der Waals surface area contributed by atoms with Crippen molar-refractivity contribution in [3.8, 4) is 0 Å². The Kier molecular flexibility index (Phi) is 4.58. The second-order valence-corrected chi connectivity index (χ2v) is 4.92. The molecule has 0 saturated heterocycles. The van der Waals surface area contributed by atoms with E-state index in [4.69, 9.17) is 4.74 Å². The van der Waals surface area contributed by atoms with Crippen molar-refractivity contribution in [2.75, 3.05) is 12.4 Å². The molecule has 0 atom stereocenters. The molecule has 0 aliphatic heterocycles. The second-order valence-electron chi connectivity index (χ2n) is 4.92. The van der Waals surface area contributed by atoms with E-state index in [9.17, 15) is 0 Å². The fourth-order valence-electron chi connectivity index (χ4n) is 2.12. The van der Waals surface area contributed by atoms with E-state index in [1.165, 1.54) is 27.9 Å². The predicted octanol–water partition coefficient (Wildman–Crippen LogP) is 4.06. The highest BCUT2D eigenvalue weighted by Gasteiger charge is 2.00. The van der Waals surface area contributed by atoms with Crippen LogP contribution in [0.1, 0.15) is 22.3 Å². The van der Waals surface area contributed by atoms with Crippen molar-refractivity contribution >= 4 is 5.69 Å². The molecule has 2 heteroatoms. The quantitative estimate of drug-likeness (QED) is 0.870.